The molecule has 1 N–H and O–H groups in total. The second-order valence-corrected chi connectivity index (χ2v) is 6.20. The van der Waals surface area contributed by atoms with E-state index in [0.717, 1.165) is 55.0 Å². The van der Waals surface area contributed by atoms with E-state index in [1.165, 1.54) is 5.56 Å². The van der Waals surface area contributed by atoms with E-state index in [4.69, 9.17) is 9.47 Å². The number of methoxy groups -OCH3 is 2. The van der Waals surface area contributed by atoms with Crippen LogP contribution in [0.5, 0.6) is 11.5 Å². The van der Waals surface area contributed by atoms with E-state index < -0.39 is 0 Å². The van der Waals surface area contributed by atoms with Crippen molar-refractivity contribution in [2.24, 2.45) is 0 Å². The van der Waals surface area contributed by atoms with Crippen LogP contribution in [0.1, 0.15) is 24.4 Å². The Morgan fingerprint density at radius 1 is 1.27 bits per heavy atom. The lowest BCUT2D eigenvalue weighted by Crippen LogP contribution is -2.45. The Balaban J connectivity index is 2.34. The monoisotopic (exact) mass is 368 g/mol. The fourth-order valence-electron chi connectivity index (χ4n) is 2.91. The molecule has 0 aliphatic carbocycles. The van der Waals surface area contributed by atoms with Crippen LogP contribution >= 0.6 is 15.9 Å². The Hall–Kier alpha value is -1.04. The van der Waals surface area contributed by atoms with Crippen molar-refractivity contribution >= 4 is 15.9 Å². The van der Waals surface area contributed by atoms with Crippen molar-refractivity contribution in [2.45, 2.75) is 18.9 Å². The van der Waals surface area contributed by atoms with Crippen molar-refractivity contribution < 1.29 is 9.47 Å². The zero-order chi connectivity index (χ0) is 15.9. The summed E-state index contributed by atoms with van der Waals surface area (Å²) in [5.74, 6) is 1.63. The van der Waals surface area contributed by atoms with Crippen molar-refractivity contribution in [3.63, 3.8) is 0 Å². The first-order valence-electron chi connectivity index (χ1n) is 7.68. The highest BCUT2D eigenvalue weighted by atomic mass is 79.9. The Labute approximate surface area is 141 Å². The number of nitrogens with one attached hydrogen (secondary N) is 1. The third kappa shape index (κ3) is 4.03. The first-order chi connectivity index (χ1) is 10.7. The van der Waals surface area contributed by atoms with Crippen molar-refractivity contribution in [2.75, 3.05) is 40.4 Å². The second kappa shape index (κ2) is 8.56. The molecule has 1 aliphatic heterocycles. The van der Waals surface area contributed by atoms with Crippen LogP contribution in [0.25, 0.3) is 0 Å². The smallest absolute Gasteiger partial charge is 0.137 e. The van der Waals surface area contributed by atoms with Gasteiger partial charge < -0.3 is 14.8 Å². The van der Waals surface area contributed by atoms with Gasteiger partial charge in [0.1, 0.15) is 16.0 Å². The largest absolute Gasteiger partial charge is 0.495 e. The van der Waals surface area contributed by atoms with Gasteiger partial charge in [-0.2, -0.15) is 0 Å². The van der Waals surface area contributed by atoms with E-state index in [-0.39, 0.29) is 0 Å². The number of hydrogen-bond acceptors (Lipinski definition) is 4. The number of ether oxygens (including phenoxy) is 2. The lowest BCUT2D eigenvalue weighted by molar-refractivity contribution is 0.165. The van der Waals surface area contributed by atoms with Crippen LogP contribution in [0.15, 0.2) is 29.3 Å². The first-order valence-corrected chi connectivity index (χ1v) is 8.47. The summed E-state index contributed by atoms with van der Waals surface area (Å²) in [7, 11) is 3.37. The van der Waals surface area contributed by atoms with Crippen molar-refractivity contribution in [1.82, 2.24) is 10.2 Å². The second-order valence-electron chi connectivity index (χ2n) is 5.41. The molecule has 0 radical (unpaired) electrons. The van der Waals surface area contributed by atoms with Gasteiger partial charge in [-0.15, -0.1) is 6.58 Å². The number of benzene rings is 1. The Morgan fingerprint density at radius 3 is 2.36 bits per heavy atom. The van der Waals surface area contributed by atoms with Crippen LogP contribution in [0.2, 0.25) is 0 Å². The fraction of sp³-hybridized carbons (Fsp3) is 0.529. The van der Waals surface area contributed by atoms with Gasteiger partial charge in [-0.3, -0.25) is 4.90 Å². The lowest BCUT2D eigenvalue weighted by atomic mass is 9.98. The average molecular weight is 369 g/mol. The Morgan fingerprint density at radius 2 is 1.86 bits per heavy atom. The summed E-state index contributed by atoms with van der Waals surface area (Å²) in [6, 6.07) is 4.58. The van der Waals surface area contributed by atoms with Crippen molar-refractivity contribution in [1.29, 1.82) is 0 Å². The Bertz CT molecular complexity index is 476. The quantitative estimate of drug-likeness (QED) is 0.748. The highest BCUT2D eigenvalue weighted by molar-refractivity contribution is 9.10. The predicted octanol–water partition coefficient (Wildman–Crippen LogP) is 3.38. The summed E-state index contributed by atoms with van der Waals surface area (Å²) in [6.07, 6.45) is 4.04. The fourth-order valence-corrected chi connectivity index (χ4v) is 3.46. The zero-order valence-corrected chi connectivity index (χ0v) is 15.0. The summed E-state index contributed by atoms with van der Waals surface area (Å²) in [4.78, 5) is 2.53. The van der Waals surface area contributed by atoms with E-state index in [9.17, 15) is 0 Å². The molecule has 0 spiro atoms. The number of hydrogen-bond donors (Lipinski definition) is 1. The van der Waals surface area contributed by atoms with Gasteiger partial charge in [-0.05, 0) is 46.5 Å². The summed E-state index contributed by atoms with van der Waals surface area (Å²) in [5, 5.41) is 3.41. The minimum Gasteiger partial charge on any atom is -0.495 e. The van der Waals surface area contributed by atoms with Crippen LogP contribution in [-0.2, 0) is 0 Å². The molecule has 0 amide bonds. The molecule has 22 heavy (non-hydrogen) atoms. The topological polar surface area (TPSA) is 33.7 Å². The normalized spacial score (nSPS) is 17.0. The van der Waals surface area contributed by atoms with E-state index in [2.05, 4.69) is 44.9 Å². The van der Waals surface area contributed by atoms with Gasteiger partial charge in [0.05, 0.1) is 14.2 Å². The molecule has 0 aromatic heterocycles. The molecule has 1 atom stereocenters. The molecule has 0 saturated carbocycles. The standard InChI is InChI=1S/C17H25BrN2O2/c1-4-5-6-14(20-9-7-19-8-10-20)13-11-15(21-2)17(18)16(12-13)22-3/h4,11-12,14,19H,1,5-10H2,2-3H3/t14-/m1/s1. The highest BCUT2D eigenvalue weighted by Crippen LogP contribution is 2.39. The molecule has 4 nitrogen and oxygen atoms in total. The van der Waals surface area contributed by atoms with Gasteiger partial charge in [0.2, 0.25) is 0 Å². The van der Waals surface area contributed by atoms with Crippen LogP contribution in [-0.4, -0.2) is 45.3 Å². The van der Waals surface area contributed by atoms with Crippen LogP contribution in [0.4, 0.5) is 0 Å². The summed E-state index contributed by atoms with van der Waals surface area (Å²) in [6.45, 7) is 8.06. The third-order valence-electron chi connectivity index (χ3n) is 4.09. The van der Waals surface area contributed by atoms with Crippen molar-refractivity contribution in [3.8, 4) is 11.5 Å². The average Bonchev–Trinajstić information content (AvgIpc) is 2.57. The molecule has 1 aromatic carbocycles. The molecule has 122 valence electrons. The van der Waals surface area contributed by atoms with Gasteiger partial charge >= 0.3 is 0 Å². The highest BCUT2D eigenvalue weighted by Gasteiger charge is 2.23. The molecule has 1 saturated heterocycles. The minimum absolute atomic E-state index is 0.357. The van der Waals surface area contributed by atoms with Crippen LogP contribution < -0.4 is 14.8 Å². The summed E-state index contributed by atoms with van der Waals surface area (Å²) < 4.78 is 11.8. The number of nitrogens with zero attached hydrogens (tertiary/aromatic N) is 1. The van der Waals surface area contributed by atoms with E-state index in [1.54, 1.807) is 14.2 Å². The van der Waals surface area contributed by atoms with E-state index in [1.807, 2.05) is 6.08 Å². The van der Waals surface area contributed by atoms with Crippen LogP contribution in [0, 0.1) is 0 Å². The SMILES string of the molecule is C=CCC[C@H](c1cc(OC)c(Br)c(OC)c1)N1CCNCC1. The van der Waals surface area contributed by atoms with Crippen molar-refractivity contribution in [3.05, 3.63) is 34.8 Å². The maximum atomic E-state index is 5.49. The van der Waals surface area contributed by atoms with Gasteiger partial charge in [0, 0.05) is 32.2 Å². The van der Waals surface area contributed by atoms with Gasteiger partial charge in [-0.25, -0.2) is 0 Å². The van der Waals surface area contributed by atoms with Gasteiger partial charge in [0.15, 0.2) is 0 Å². The summed E-state index contributed by atoms with van der Waals surface area (Å²) >= 11 is 3.54. The van der Waals surface area contributed by atoms with Crippen LogP contribution in [0.3, 0.4) is 0 Å². The first kappa shape index (κ1) is 17.3. The predicted molar refractivity (Wildman–Crippen MR) is 93.9 cm³/mol. The maximum Gasteiger partial charge on any atom is 0.137 e. The number of halogens is 1. The van der Waals surface area contributed by atoms with Gasteiger partial charge in [-0.1, -0.05) is 6.08 Å². The van der Waals surface area contributed by atoms with Gasteiger partial charge in [0.25, 0.3) is 0 Å². The molecule has 5 heteroatoms. The zero-order valence-electron chi connectivity index (χ0n) is 13.4. The molecular formula is C17H25BrN2O2. The van der Waals surface area contributed by atoms with E-state index in [0.29, 0.717) is 6.04 Å². The number of piperazine rings is 1. The lowest BCUT2D eigenvalue weighted by Gasteiger charge is -2.35. The Kier molecular flexibility index (Phi) is 6.73. The molecule has 1 heterocycles. The maximum absolute atomic E-state index is 5.49. The van der Waals surface area contributed by atoms with E-state index >= 15 is 0 Å². The minimum atomic E-state index is 0.357. The number of allylic oxidation sites excluding steroid dienone is 1. The molecule has 1 aromatic rings. The molecule has 1 fully saturated rings. The molecule has 1 aliphatic rings. The number of rotatable bonds is 7. The third-order valence-corrected chi connectivity index (χ3v) is 4.87. The summed E-state index contributed by atoms with van der Waals surface area (Å²) in [5.41, 5.74) is 1.24. The molecule has 0 unspecified atom stereocenters. The molecule has 0 bridgehead atoms. The molecule has 2 rings (SSSR count). The molecular weight excluding hydrogens is 344 g/mol.